The zero-order chi connectivity index (χ0) is 18.1. The van der Waals surface area contributed by atoms with E-state index in [2.05, 4.69) is 12.2 Å². The second-order valence-corrected chi connectivity index (χ2v) is 6.35. The van der Waals surface area contributed by atoms with Crippen LogP contribution in [0.15, 0.2) is 24.3 Å². The van der Waals surface area contributed by atoms with Gasteiger partial charge < -0.3 is 10.2 Å². The maximum absolute atomic E-state index is 12.7. The Morgan fingerprint density at radius 1 is 1.21 bits per heavy atom. The van der Waals surface area contributed by atoms with E-state index < -0.39 is 6.04 Å². The minimum absolute atomic E-state index is 0.0267. The van der Waals surface area contributed by atoms with Gasteiger partial charge in [-0.1, -0.05) is 45.7 Å². The van der Waals surface area contributed by atoms with E-state index in [1.807, 2.05) is 19.9 Å². The van der Waals surface area contributed by atoms with Gasteiger partial charge in [0.15, 0.2) is 5.78 Å². The van der Waals surface area contributed by atoms with E-state index in [0.29, 0.717) is 17.7 Å². The molecule has 5 nitrogen and oxygen atoms in total. The molecule has 1 aromatic rings. The minimum atomic E-state index is -0.584. The Kier molecular flexibility index (Phi) is 7.97. The van der Waals surface area contributed by atoms with Crippen LogP contribution in [0.1, 0.15) is 56.0 Å². The molecule has 1 aromatic carbocycles. The van der Waals surface area contributed by atoms with Crippen LogP contribution in [-0.4, -0.2) is 36.3 Å². The molecule has 1 unspecified atom stereocenters. The zero-order valence-electron chi connectivity index (χ0n) is 15.0. The first-order valence-electron chi connectivity index (χ1n) is 8.46. The topological polar surface area (TPSA) is 73.2 Å². The van der Waals surface area contributed by atoms with E-state index in [-0.39, 0.29) is 17.7 Å². The van der Waals surface area contributed by atoms with Gasteiger partial charge in [-0.3, -0.25) is 4.79 Å². The molecule has 0 bridgehead atoms. The number of Topliss-reactive ketones (excluding diaryl/α,β-unsaturated/α-hetero) is 1. The van der Waals surface area contributed by atoms with Gasteiger partial charge in [-0.05, 0) is 24.5 Å². The summed E-state index contributed by atoms with van der Waals surface area (Å²) in [5.41, 5.74) is 1.01. The van der Waals surface area contributed by atoms with Crippen molar-refractivity contribution in [2.24, 2.45) is 5.92 Å². The Hall–Kier alpha value is -2.35. The third-order valence-corrected chi connectivity index (χ3v) is 3.97. The van der Waals surface area contributed by atoms with Crippen LogP contribution in [0.25, 0.3) is 0 Å². The summed E-state index contributed by atoms with van der Waals surface area (Å²) in [6.45, 7) is 6.60. The molecule has 1 N–H and O–H groups in total. The summed E-state index contributed by atoms with van der Waals surface area (Å²) in [7, 11) is 1.74. The van der Waals surface area contributed by atoms with Crippen molar-refractivity contribution >= 4 is 11.8 Å². The van der Waals surface area contributed by atoms with Crippen LogP contribution in [0.2, 0.25) is 0 Å². The van der Waals surface area contributed by atoms with Crippen LogP contribution in [-0.2, 0) is 0 Å². The lowest BCUT2D eigenvalue weighted by Crippen LogP contribution is -2.49. The van der Waals surface area contributed by atoms with Crippen molar-refractivity contribution in [1.29, 1.82) is 5.26 Å². The second-order valence-electron chi connectivity index (χ2n) is 6.35. The number of hydrogen-bond acceptors (Lipinski definition) is 3. The summed E-state index contributed by atoms with van der Waals surface area (Å²) in [4.78, 5) is 26.6. The number of rotatable bonds is 8. The van der Waals surface area contributed by atoms with E-state index in [0.717, 1.165) is 19.3 Å². The average molecular weight is 329 g/mol. The van der Waals surface area contributed by atoms with Crippen molar-refractivity contribution in [3.8, 4) is 6.07 Å². The highest BCUT2D eigenvalue weighted by Crippen LogP contribution is 2.12. The number of ketones is 1. The molecule has 0 heterocycles. The number of nitriles is 1. The molecule has 1 rings (SSSR count). The van der Waals surface area contributed by atoms with Crippen LogP contribution >= 0.6 is 0 Å². The molecule has 130 valence electrons. The summed E-state index contributed by atoms with van der Waals surface area (Å²) in [6.07, 6.45) is 3.13. The number of amides is 2. The molecule has 0 aliphatic rings. The van der Waals surface area contributed by atoms with Crippen molar-refractivity contribution in [1.82, 2.24) is 10.2 Å². The summed E-state index contributed by atoms with van der Waals surface area (Å²) in [6, 6.07) is 7.71. The maximum Gasteiger partial charge on any atom is 0.317 e. The fraction of sp³-hybridized carbons (Fsp3) is 0.526. The number of benzene rings is 1. The molecule has 0 spiro atoms. The van der Waals surface area contributed by atoms with Gasteiger partial charge >= 0.3 is 6.03 Å². The molecule has 0 aliphatic carbocycles. The van der Waals surface area contributed by atoms with E-state index in [1.54, 1.807) is 36.2 Å². The highest BCUT2D eigenvalue weighted by molar-refractivity contribution is 6.02. The maximum atomic E-state index is 12.7. The molecule has 0 radical (unpaired) electrons. The van der Waals surface area contributed by atoms with Crippen LogP contribution in [0, 0.1) is 17.2 Å². The number of unbranched alkanes of at least 4 members (excludes halogenated alkanes) is 2. The Morgan fingerprint density at radius 3 is 2.33 bits per heavy atom. The van der Waals surface area contributed by atoms with Crippen LogP contribution in [0.4, 0.5) is 4.79 Å². The van der Waals surface area contributed by atoms with Crippen molar-refractivity contribution in [2.75, 3.05) is 13.6 Å². The summed E-state index contributed by atoms with van der Waals surface area (Å²) >= 11 is 0. The highest BCUT2D eigenvalue weighted by atomic mass is 16.2. The first-order chi connectivity index (χ1) is 11.4. The third-order valence-electron chi connectivity index (χ3n) is 3.97. The molecule has 0 fully saturated rings. The number of nitrogens with one attached hydrogen (secondary N) is 1. The Morgan fingerprint density at radius 2 is 1.83 bits per heavy atom. The first-order valence-corrected chi connectivity index (χ1v) is 8.46. The normalized spacial score (nSPS) is 11.7. The predicted octanol–water partition coefficient (Wildman–Crippen LogP) is 3.60. The summed E-state index contributed by atoms with van der Waals surface area (Å²) in [5, 5.41) is 11.7. The molecule has 0 aliphatic heterocycles. The fourth-order valence-corrected chi connectivity index (χ4v) is 2.37. The standard InChI is InChI=1S/C19H27N3O2/c1-5-6-7-12-22(4)19(24)21-17(14(2)3)18(23)16-10-8-15(13-20)9-11-16/h8-11,14,17H,5-7,12H2,1-4H3,(H,21,24). The van der Waals surface area contributed by atoms with Gasteiger partial charge in [-0.15, -0.1) is 0 Å². The lowest BCUT2D eigenvalue weighted by atomic mass is 9.94. The van der Waals surface area contributed by atoms with Gasteiger partial charge in [0.05, 0.1) is 17.7 Å². The number of urea groups is 1. The lowest BCUT2D eigenvalue weighted by Gasteiger charge is -2.25. The Bertz CT molecular complexity index is 588. The molecular formula is C19H27N3O2. The largest absolute Gasteiger partial charge is 0.328 e. The van der Waals surface area contributed by atoms with Crippen molar-refractivity contribution in [3.63, 3.8) is 0 Å². The number of nitrogens with zero attached hydrogens (tertiary/aromatic N) is 2. The van der Waals surface area contributed by atoms with Gasteiger partial charge in [-0.25, -0.2) is 4.79 Å². The van der Waals surface area contributed by atoms with E-state index >= 15 is 0 Å². The summed E-state index contributed by atoms with van der Waals surface area (Å²) in [5.74, 6) is -0.161. The molecule has 5 heteroatoms. The monoisotopic (exact) mass is 329 g/mol. The Balaban J connectivity index is 2.76. The van der Waals surface area contributed by atoms with Gasteiger partial charge in [0, 0.05) is 19.2 Å². The van der Waals surface area contributed by atoms with Crippen LogP contribution in [0.3, 0.4) is 0 Å². The predicted molar refractivity (Wildman–Crippen MR) is 94.8 cm³/mol. The fourth-order valence-electron chi connectivity index (χ4n) is 2.37. The smallest absolute Gasteiger partial charge is 0.317 e. The quantitative estimate of drug-likeness (QED) is 0.585. The third kappa shape index (κ3) is 5.69. The van der Waals surface area contributed by atoms with E-state index in [1.165, 1.54) is 0 Å². The summed E-state index contributed by atoms with van der Waals surface area (Å²) < 4.78 is 0. The van der Waals surface area contributed by atoms with E-state index in [4.69, 9.17) is 5.26 Å². The molecule has 2 amide bonds. The highest BCUT2D eigenvalue weighted by Gasteiger charge is 2.26. The van der Waals surface area contributed by atoms with E-state index in [9.17, 15) is 9.59 Å². The second kappa shape index (κ2) is 9.71. The first kappa shape index (κ1) is 19.7. The van der Waals surface area contributed by atoms with Crippen molar-refractivity contribution in [2.45, 2.75) is 46.1 Å². The molecular weight excluding hydrogens is 302 g/mol. The van der Waals surface area contributed by atoms with Gasteiger partial charge in [0.1, 0.15) is 0 Å². The molecule has 0 aromatic heterocycles. The zero-order valence-corrected chi connectivity index (χ0v) is 15.0. The van der Waals surface area contributed by atoms with Crippen molar-refractivity contribution < 1.29 is 9.59 Å². The number of carbonyl (C=O) groups is 2. The molecule has 0 saturated heterocycles. The Labute approximate surface area is 144 Å². The average Bonchev–Trinajstić information content (AvgIpc) is 2.58. The molecule has 24 heavy (non-hydrogen) atoms. The number of carbonyl (C=O) groups excluding carboxylic acids is 2. The number of hydrogen-bond donors (Lipinski definition) is 1. The minimum Gasteiger partial charge on any atom is -0.328 e. The molecule has 1 atom stereocenters. The van der Waals surface area contributed by atoms with Gasteiger partial charge in [0.2, 0.25) is 0 Å². The lowest BCUT2D eigenvalue weighted by molar-refractivity contribution is 0.0915. The molecule has 0 saturated carbocycles. The van der Waals surface area contributed by atoms with Crippen molar-refractivity contribution in [3.05, 3.63) is 35.4 Å². The van der Waals surface area contributed by atoms with Gasteiger partial charge in [-0.2, -0.15) is 5.26 Å². The van der Waals surface area contributed by atoms with Crippen LogP contribution in [0.5, 0.6) is 0 Å². The SMILES string of the molecule is CCCCCN(C)C(=O)NC(C(=O)c1ccc(C#N)cc1)C(C)C. The van der Waals surface area contributed by atoms with Crippen LogP contribution < -0.4 is 5.32 Å². The van der Waals surface area contributed by atoms with Gasteiger partial charge in [0.25, 0.3) is 0 Å².